The van der Waals surface area contributed by atoms with Crippen molar-refractivity contribution in [2.75, 3.05) is 6.54 Å². The van der Waals surface area contributed by atoms with Gasteiger partial charge in [0.1, 0.15) is 0 Å². The topological polar surface area (TPSA) is 46.2 Å². The van der Waals surface area contributed by atoms with Gasteiger partial charge in [0, 0.05) is 0 Å². The van der Waals surface area contributed by atoms with E-state index in [1.165, 1.54) is 11.1 Å². The lowest BCUT2D eigenvalue weighted by Crippen LogP contribution is -2.40. The minimum Gasteiger partial charge on any atom is -0.432 e. The number of benzene rings is 1. The van der Waals surface area contributed by atoms with E-state index in [9.17, 15) is 4.80 Å². The molecule has 3 N–H and O–H groups in total. The Labute approximate surface area is 106 Å². The number of nitrogens with two attached hydrogens (primary N) is 1. The molecule has 0 amide bonds. The van der Waals surface area contributed by atoms with Crippen LogP contribution in [-0.4, -0.2) is 19.7 Å². The summed E-state index contributed by atoms with van der Waals surface area (Å²) in [5.41, 5.74) is 8.11. The van der Waals surface area contributed by atoms with Gasteiger partial charge in [-0.25, -0.2) is 0 Å². The summed E-state index contributed by atoms with van der Waals surface area (Å²) in [6.45, 7) is 9.03. The first-order valence-corrected chi connectivity index (χ1v) is 9.21. The Morgan fingerprint density at radius 1 is 1.12 bits per heavy atom. The van der Waals surface area contributed by atoms with Gasteiger partial charge in [-0.1, -0.05) is 38.1 Å². The Morgan fingerprint density at radius 3 is 2.00 bits per heavy atom. The maximum atomic E-state index is 10.3. The first-order chi connectivity index (χ1) is 7.76. The highest BCUT2D eigenvalue weighted by atomic mass is 28.4. The lowest BCUT2D eigenvalue weighted by Gasteiger charge is -2.35. The summed E-state index contributed by atoms with van der Waals surface area (Å²) >= 11 is 0. The van der Waals surface area contributed by atoms with Gasteiger partial charge in [0.05, 0.1) is 0 Å². The third-order valence-corrected chi connectivity index (χ3v) is 7.25. The molecule has 0 atom stereocenters. The summed E-state index contributed by atoms with van der Waals surface area (Å²) in [7, 11) is -2.12. The van der Waals surface area contributed by atoms with Crippen molar-refractivity contribution < 1.29 is 4.80 Å². The van der Waals surface area contributed by atoms with Crippen molar-refractivity contribution in [3.8, 4) is 0 Å². The van der Waals surface area contributed by atoms with Gasteiger partial charge in [-0.3, -0.25) is 0 Å². The molecule has 0 fully saturated rings. The lowest BCUT2D eigenvalue weighted by atomic mass is 10.00. The summed E-state index contributed by atoms with van der Waals surface area (Å²) in [5, 5.41) is 0.00237. The minimum absolute atomic E-state index is 0.00237. The molecule has 0 aliphatic rings. The van der Waals surface area contributed by atoms with Crippen LogP contribution in [0.1, 0.15) is 25.0 Å². The fourth-order valence-corrected chi connectivity index (χ4v) is 2.35. The summed E-state index contributed by atoms with van der Waals surface area (Å²) in [4.78, 5) is 10.3. The van der Waals surface area contributed by atoms with Crippen LogP contribution in [0.2, 0.25) is 18.1 Å². The van der Waals surface area contributed by atoms with E-state index in [4.69, 9.17) is 5.73 Å². The fraction of sp³-hybridized carbons (Fsp3) is 0.571. The number of hydrogen-bond donors (Lipinski definition) is 2. The Kier molecular flexibility index (Phi) is 4.53. The molecule has 0 saturated carbocycles. The van der Waals surface area contributed by atoms with Crippen LogP contribution < -0.4 is 5.73 Å². The van der Waals surface area contributed by atoms with Gasteiger partial charge in [0.25, 0.3) is 0 Å². The third kappa shape index (κ3) is 3.94. The minimum atomic E-state index is -2.12. The van der Waals surface area contributed by atoms with Crippen LogP contribution in [0, 0.1) is 0 Å². The monoisotopic (exact) mass is 251 g/mol. The summed E-state index contributed by atoms with van der Waals surface area (Å²) in [5.74, 6) is 0. The molecule has 0 aliphatic heterocycles. The Morgan fingerprint density at radius 2 is 1.59 bits per heavy atom. The van der Waals surface area contributed by atoms with Crippen LogP contribution in [0.5, 0.6) is 0 Å². The van der Waals surface area contributed by atoms with Crippen LogP contribution >= 0.6 is 0 Å². The SMILES string of the molecule is CC(C)(Cc1ccc(CCN)cc1)[Si](C)(C)O. The van der Waals surface area contributed by atoms with Gasteiger partial charge in [-0.2, -0.15) is 0 Å². The Bertz CT molecular complexity index is 351. The first-order valence-electron chi connectivity index (χ1n) is 6.26. The van der Waals surface area contributed by atoms with E-state index >= 15 is 0 Å². The third-order valence-electron chi connectivity index (χ3n) is 3.76. The van der Waals surface area contributed by atoms with Crippen LogP contribution in [-0.2, 0) is 12.8 Å². The van der Waals surface area contributed by atoms with Crippen molar-refractivity contribution >= 4 is 8.32 Å². The molecule has 0 heterocycles. The largest absolute Gasteiger partial charge is 0.432 e. The zero-order valence-corrected chi connectivity index (χ0v) is 12.5. The fourth-order valence-electron chi connectivity index (χ4n) is 1.72. The van der Waals surface area contributed by atoms with E-state index in [-0.39, 0.29) is 5.04 Å². The van der Waals surface area contributed by atoms with Crippen molar-refractivity contribution in [3.05, 3.63) is 35.4 Å². The van der Waals surface area contributed by atoms with Crippen molar-refractivity contribution in [3.63, 3.8) is 0 Å². The van der Waals surface area contributed by atoms with Crippen LogP contribution in [0.3, 0.4) is 0 Å². The molecule has 96 valence electrons. The van der Waals surface area contributed by atoms with Gasteiger partial charge in [0.15, 0.2) is 8.32 Å². The zero-order chi connectivity index (χ0) is 13.1. The second-order valence-electron chi connectivity index (χ2n) is 5.97. The predicted molar refractivity (Wildman–Crippen MR) is 76.6 cm³/mol. The van der Waals surface area contributed by atoms with Crippen LogP contribution in [0.15, 0.2) is 24.3 Å². The second-order valence-corrected chi connectivity index (χ2v) is 10.4. The molecule has 3 heteroatoms. The van der Waals surface area contributed by atoms with Crippen molar-refractivity contribution in [1.29, 1.82) is 0 Å². The van der Waals surface area contributed by atoms with Gasteiger partial charge >= 0.3 is 0 Å². The second kappa shape index (κ2) is 5.34. The summed E-state index contributed by atoms with van der Waals surface area (Å²) in [6.07, 6.45) is 1.87. The highest BCUT2D eigenvalue weighted by Gasteiger charge is 2.37. The maximum Gasteiger partial charge on any atom is 0.188 e. The highest BCUT2D eigenvalue weighted by molar-refractivity contribution is 6.72. The van der Waals surface area contributed by atoms with E-state index in [1.54, 1.807) is 0 Å². The molecule has 17 heavy (non-hydrogen) atoms. The average Bonchev–Trinajstić information content (AvgIpc) is 2.19. The molecular formula is C14H25NOSi. The lowest BCUT2D eigenvalue weighted by molar-refractivity contribution is 0.467. The smallest absolute Gasteiger partial charge is 0.188 e. The Balaban J connectivity index is 2.76. The molecule has 0 saturated heterocycles. The van der Waals surface area contributed by atoms with Gasteiger partial charge in [-0.05, 0) is 48.6 Å². The normalized spacial score (nSPS) is 12.8. The molecule has 1 aromatic carbocycles. The van der Waals surface area contributed by atoms with E-state index in [1.807, 2.05) is 13.1 Å². The van der Waals surface area contributed by atoms with E-state index in [2.05, 4.69) is 38.1 Å². The number of rotatable bonds is 5. The molecule has 0 bridgehead atoms. The molecular weight excluding hydrogens is 226 g/mol. The average molecular weight is 251 g/mol. The summed E-state index contributed by atoms with van der Waals surface area (Å²) in [6, 6.07) is 8.61. The standard InChI is InChI=1S/C14H25NOSi/c1-14(2,17(3,4)16)11-13-7-5-12(6-8-13)9-10-15/h5-8,16H,9-11,15H2,1-4H3. The van der Waals surface area contributed by atoms with Crippen LogP contribution in [0.25, 0.3) is 0 Å². The predicted octanol–water partition coefficient (Wildman–Crippen LogP) is 2.71. The maximum absolute atomic E-state index is 10.3. The highest BCUT2D eigenvalue weighted by Crippen LogP contribution is 2.38. The molecule has 2 nitrogen and oxygen atoms in total. The quantitative estimate of drug-likeness (QED) is 0.790. The van der Waals surface area contributed by atoms with Crippen molar-refractivity contribution in [2.45, 2.75) is 44.8 Å². The van der Waals surface area contributed by atoms with Crippen LogP contribution in [0.4, 0.5) is 0 Å². The van der Waals surface area contributed by atoms with Gasteiger partial charge in [0.2, 0.25) is 0 Å². The zero-order valence-electron chi connectivity index (χ0n) is 11.5. The van der Waals surface area contributed by atoms with Crippen molar-refractivity contribution in [2.24, 2.45) is 5.73 Å². The molecule has 0 spiro atoms. The van der Waals surface area contributed by atoms with E-state index in [0.717, 1.165) is 12.8 Å². The molecule has 1 aromatic rings. The molecule has 0 unspecified atom stereocenters. The molecule has 0 aliphatic carbocycles. The molecule has 0 aromatic heterocycles. The summed E-state index contributed by atoms with van der Waals surface area (Å²) < 4.78 is 0. The van der Waals surface area contributed by atoms with E-state index < -0.39 is 8.32 Å². The van der Waals surface area contributed by atoms with Crippen molar-refractivity contribution in [1.82, 2.24) is 0 Å². The van der Waals surface area contributed by atoms with Gasteiger partial charge < -0.3 is 10.5 Å². The number of hydrogen-bond acceptors (Lipinski definition) is 2. The molecule has 0 radical (unpaired) electrons. The molecule has 1 rings (SSSR count). The van der Waals surface area contributed by atoms with Gasteiger partial charge in [-0.15, -0.1) is 0 Å². The Hall–Kier alpha value is -0.643. The van der Waals surface area contributed by atoms with E-state index in [0.29, 0.717) is 6.54 Å². The first kappa shape index (κ1) is 14.4.